The Kier molecular flexibility index (Phi) is 3.10. The Hall–Kier alpha value is -2.08. The molecule has 2 heterocycles. The van der Waals surface area contributed by atoms with E-state index >= 15 is 0 Å². The molecule has 6 heteroatoms. The van der Waals surface area contributed by atoms with Gasteiger partial charge in [-0.15, -0.1) is 0 Å². The van der Waals surface area contributed by atoms with Gasteiger partial charge in [0, 0.05) is 19.0 Å². The van der Waals surface area contributed by atoms with Crippen LogP contribution in [0.3, 0.4) is 0 Å². The number of piperidine rings is 1. The molecule has 2 fully saturated rings. The summed E-state index contributed by atoms with van der Waals surface area (Å²) < 4.78 is 5.81. The van der Waals surface area contributed by atoms with Gasteiger partial charge in [-0.1, -0.05) is 30.3 Å². The van der Waals surface area contributed by atoms with Gasteiger partial charge in [0.1, 0.15) is 0 Å². The van der Waals surface area contributed by atoms with Crippen LogP contribution in [0.4, 0.5) is 4.79 Å². The third-order valence-corrected chi connectivity index (χ3v) is 3.95. The van der Waals surface area contributed by atoms with E-state index in [1.165, 1.54) is 4.90 Å². The van der Waals surface area contributed by atoms with Gasteiger partial charge in [-0.2, -0.15) is 0 Å². The number of urea groups is 1. The normalized spacial score (nSPS) is 28.3. The second kappa shape index (κ2) is 4.79. The third-order valence-electron chi connectivity index (χ3n) is 3.95. The van der Waals surface area contributed by atoms with Crippen LogP contribution in [-0.2, 0) is 16.1 Å². The summed E-state index contributed by atoms with van der Waals surface area (Å²) in [7, 11) is 0. The first kappa shape index (κ1) is 12.9. The molecule has 2 aliphatic rings. The standard InChI is InChI=1S/C14H17N3O3/c15-12(18)14(20-9-10-4-2-1-3-5-10)7-6-11-8-17(14)13(19)16-11/h1-5,11H,6-9H2,(H2,15,18)(H,16,19). The Balaban J connectivity index is 1.81. The second-order valence-corrected chi connectivity index (χ2v) is 5.22. The molecule has 0 radical (unpaired) electrons. The third kappa shape index (κ3) is 2.02. The second-order valence-electron chi connectivity index (χ2n) is 5.22. The minimum atomic E-state index is -1.33. The molecule has 0 aliphatic carbocycles. The lowest BCUT2D eigenvalue weighted by Crippen LogP contribution is -2.61. The predicted molar refractivity (Wildman–Crippen MR) is 71.4 cm³/mol. The Morgan fingerprint density at radius 3 is 2.90 bits per heavy atom. The highest BCUT2D eigenvalue weighted by Crippen LogP contribution is 2.34. The number of fused-ring (bicyclic) bond motifs is 2. The van der Waals surface area contributed by atoms with Gasteiger partial charge in [-0.3, -0.25) is 9.69 Å². The molecule has 3 N–H and O–H groups in total. The van der Waals surface area contributed by atoms with Gasteiger partial charge in [0.2, 0.25) is 5.72 Å². The summed E-state index contributed by atoms with van der Waals surface area (Å²) in [5.41, 5.74) is 5.14. The van der Waals surface area contributed by atoms with Crippen molar-refractivity contribution in [3.63, 3.8) is 0 Å². The van der Waals surface area contributed by atoms with Crippen LogP contribution in [0.5, 0.6) is 0 Å². The monoisotopic (exact) mass is 275 g/mol. The van der Waals surface area contributed by atoms with E-state index in [1.807, 2.05) is 30.3 Å². The maximum atomic E-state index is 11.9. The van der Waals surface area contributed by atoms with Gasteiger partial charge < -0.3 is 15.8 Å². The predicted octanol–water partition coefficient (Wildman–Crippen LogP) is 0.572. The molecular weight excluding hydrogens is 258 g/mol. The van der Waals surface area contributed by atoms with Crippen molar-refractivity contribution in [2.45, 2.75) is 31.2 Å². The lowest BCUT2D eigenvalue weighted by atomic mass is 9.96. The van der Waals surface area contributed by atoms with Crippen LogP contribution in [0.2, 0.25) is 0 Å². The summed E-state index contributed by atoms with van der Waals surface area (Å²) in [6.45, 7) is 0.717. The molecule has 106 valence electrons. The Morgan fingerprint density at radius 1 is 1.45 bits per heavy atom. The highest BCUT2D eigenvalue weighted by molar-refractivity contribution is 5.90. The van der Waals surface area contributed by atoms with E-state index in [0.29, 0.717) is 19.4 Å². The van der Waals surface area contributed by atoms with Gasteiger partial charge >= 0.3 is 6.03 Å². The zero-order valence-electron chi connectivity index (χ0n) is 11.0. The van der Waals surface area contributed by atoms with Crippen molar-refractivity contribution in [3.05, 3.63) is 35.9 Å². The number of hydrogen-bond acceptors (Lipinski definition) is 3. The largest absolute Gasteiger partial charge is 0.365 e. The fourth-order valence-corrected chi connectivity index (χ4v) is 2.84. The molecule has 2 unspecified atom stereocenters. The molecule has 20 heavy (non-hydrogen) atoms. The maximum Gasteiger partial charge on any atom is 0.320 e. The molecule has 0 aromatic heterocycles. The van der Waals surface area contributed by atoms with E-state index in [2.05, 4.69) is 5.32 Å². The number of nitrogens with zero attached hydrogens (tertiary/aromatic N) is 1. The molecule has 2 atom stereocenters. The Labute approximate surface area is 116 Å². The average molecular weight is 275 g/mol. The molecule has 2 aliphatic heterocycles. The number of nitrogens with one attached hydrogen (secondary N) is 1. The van der Waals surface area contributed by atoms with E-state index in [1.54, 1.807) is 0 Å². The molecular formula is C14H17N3O3. The number of hydrogen-bond donors (Lipinski definition) is 2. The first-order chi connectivity index (χ1) is 9.62. The first-order valence-corrected chi connectivity index (χ1v) is 6.68. The zero-order chi connectivity index (χ0) is 14.2. The summed E-state index contributed by atoms with van der Waals surface area (Å²) in [4.78, 5) is 25.2. The van der Waals surface area contributed by atoms with Crippen LogP contribution >= 0.6 is 0 Å². The maximum absolute atomic E-state index is 11.9. The number of benzene rings is 1. The Morgan fingerprint density at radius 2 is 2.20 bits per heavy atom. The van der Waals surface area contributed by atoms with Gasteiger partial charge in [0.25, 0.3) is 5.91 Å². The summed E-state index contributed by atoms with van der Waals surface area (Å²) in [5.74, 6) is -0.607. The van der Waals surface area contributed by atoms with Crippen molar-refractivity contribution >= 4 is 11.9 Å². The van der Waals surface area contributed by atoms with Gasteiger partial charge in [0.15, 0.2) is 0 Å². The van der Waals surface area contributed by atoms with E-state index < -0.39 is 11.6 Å². The van der Waals surface area contributed by atoms with Gasteiger partial charge in [-0.05, 0) is 12.0 Å². The van der Waals surface area contributed by atoms with Crippen molar-refractivity contribution < 1.29 is 14.3 Å². The van der Waals surface area contributed by atoms with Crippen molar-refractivity contribution in [2.75, 3.05) is 6.54 Å². The molecule has 0 saturated carbocycles. The smallest absolute Gasteiger partial charge is 0.320 e. The first-order valence-electron chi connectivity index (χ1n) is 6.68. The lowest BCUT2D eigenvalue weighted by Gasteiger charge is -2.40. The van der Waals surface area contributed by atoms with E-state index in [4.69, 9.17) is 10.5 Å². The SMILES string of the molecule is NC(=O)C1(OCc2ccccc2)CCC2CN1C(=O)N2. The minimum Gasteiger partial charge on any atom is -0.365 e. The van der Waals surface area contributed by atoms with Crippen LogP contribution in [0.1, 0.15) is 18.4 Å². The Bertz CT molecular complexity index is 534. The van der Waals surface area contributed by atoms with Crippen molar-refractivity contribution in [2.24, 2.45) is 5.73 Å². The number of amides is 3. The van der Waals surface area contributed by atoms with Crippen LogP contribution in [0.25, 0.3) is 0 Å². The van der Waals surface area contributed by atoms with E-state index in [0.717, 1.165) is 5.56 Å². The molecule has 2 bridgehead atoms. The fourth-order valence-electron chi connectivity index (χ4n) is 2.84. The number of carbonyl (C=O) groups is 2. The fraction of sp³-hybridized carbons (Fsp3) is 0.429. The molecule has 2 saturated heterocycles. The van der Waals surface area contributed by atoms with Crippen LogP contribution in [0, 0.1) is 0 Å². The van der Waals surface area contributed by atoms with Crippen LogP contribution < -0.4 is 11.1 Å². The zero-order valence-corrected chi connectivity index (χ0v) is 11.0. The van der Waals surface area contributed by atoms with Crippen LogP contribution in [-0.4, -0.2) is 35.1 Å². The summed E-state index contributed by atoms with van der Waals surface area (Å²) >= 11 is 0. The molecule has 6 nitrogen and oxygen atoms in total. The molecule has 3 rings (SSSR count). The minimum absolute atomic E-state index is 0.0929. The number of ether oxygens (including phenoxy) is 1. The lowest BCUT2D eigenvalue weighted by molar-refractivity contribution is -0.177. The molecule has 1 aromatic carbocycles. The number of rotatable bonds is 4. The van der Waals surface area contributed by atoms with Crippen LogP contribution in [0.15, 0.2) is 30.3 Å². The summed E-state index contributed by atoms with van der Waals surface area (Å²) in [5, 5.41) is 2.82. The molecule has 1 aromatic rings. The van der Waals surface area contributed by atoms with E-state index in [9.17, 15) is 9.59 Å². The summed E-state index contributed by atoms with van der Waals surface area (Å²) in [6, 6.07) is 9.33. The number of carbonyl (C=O) groups excluding carboxylic acids is 2. The van der Waals surface area contributed by atoms with Crippen molar-refractivity contribution in [3.8, 4) is 0 Å². The topological polar surface area (TPSA) is 84.7 Å². The highest BCUT2D eigenvalue weighted by atomic mass is 16.5. The van der Waals surface area contributed by atoms with Gasteiger partial charge in [0.05, 0.1) is 6.61 Å². The van der Waals surface area contributed by atoms with Crippen molar-refractivity contribution in [1.82, 2.24) is 10.2 Å². The highest BCUT2D eigenvalue weighted by Gasteiger charge is 2.53. The number of nitrogens with two attached hydrogens (primary N) is 1. The molecule has 0 spiro atoms. The quantitative estimate of drug-likeness (QED) is 0.842. The van der Waals surface area contributed by atoms with Gasteiger partial charge in [-0.25, -0.2) is 4.79 Å². The molecule has 3 amide bonds. The van der Waals surface area contributed by atoms with Crippen molar-refractivity contribution in [1.29, 1.82) is 0 Å². The summed E-state index contributed by atoms with van der Waals surface area (Å²) in [6.07, 6.45) is 1.12. The average Bonchev–Trinajstić information content (AvgIpc) is 2.76. The van der Waals surface area contributed by atoms with E-state index in [-0.39, 0.29) is 18.7 Å². The number of primary amides is 1.